The largest absolute Gasteiger partial charge is 0.394 e. The Bertz CT molecular complexity index is 519. The molecule has 0 unspecified atom stereocenters. The number of rotatable bonds is 29. The van der Waals surface area contributed by atoms with E-state index in [0.717, 1.165) is 38.5 Å². The zero-order chi connectivity index (χ0) is 29.1. The van der Waals surface area contributed by atoms with Crippen molar-refractivity contribution >= 4 is 0 Å². The number of ether oxygens (including phenoxy) is 4. The minimum Gasteiger partial charge on any atom is -0.394 e. The molecule has 0 aliphatic carbocycles. The van der Waals surface area contributed by atoms with Crippen LogP contribution in [-0.4, -0.2) is 67.3 Å². The van der Waals surface area contributed by atoms with Crippen molar-refractivity contribution in [1.82, 2.24) is 0 Å². The molecule has 0 saturated carbocycles. The Morgan fingerprint density at radius 3 is 1.23 bits per heavy atom. The first kappa shape index (κ1) is 37.8. The van der Waals surface area contributed by atoms with Gasteiger partial charge < -0.3 is 29.2 Å². The molecule has 40 heavy (non-hydrogen) atoms. The summed E-state index contributed by atoms with van der Waals surface area (Å²) in [7, 11) is 0. The molecule has 1 aliphatic rings. The zero-order valence-electron chi connectivity index (χ0n) is 26.8. The summed E-state index contributed by atoms with van der Waals surface area (Å²) in [6.45, 7) is 8.24. The Labute approximate surface area is 248 Å². The predicted octanol–water partition coefficient (Wildman–Crippen LogP) is 8.49. The standard InChI is InChI=1S/C34H68O6/c1-4-7-10-13-16-17-18-19-22-23-26-37-32-31(36)30(29-35)40-34(39-28-25-21-15-12-9-6-3)33(32)38-27-24-20-14-11-8-5-2/h30-36H,4-29H2,1-3H3/t30-,31+,32+,33-,34-/m1/s1. The second-order valence-corrected chi connectivity index (χ2v) is 12.0. The van der Waals surface area contributed by atoms with Gasteiger partial charge in [0.15, 0.2) is 6.29 Å². The number of aliphatic hydroxyl groups is 2. The van der Waals surface area contributed by atoms with Gasteiger partial charge in [-0.25, -0.2) is 0 Å². The maximum atomic E-state index is 11.0. The van der Waals surface area contributed by atoms with Crippen molar-refractivity contribution in [2.45, 2.75) is 193 Å². The minimum absolute atomic E-state index is 0.264. The molecule has 0 amide bonds. The monoisotopic (exact) mass is 573 g/mol. The van der Waals surface area contributed by atoms with E-state index in [1.54, 1.807) is 0 Å². The van der Waals surface area contributed by atoms with Crippen LogP contribution in [0, 0.1) is 0 Å². The molecule has 1 rings (SSSR count). The van der Waals surface area contributed by atoms with Gasteiger partial charge in [-0.15, -0.1) is 0 Å². The molecule has 5 atom stereocenters. The predicted molar refractivity (Wildman–Crippen MR) is 166 cm³/mol. The van der Waals surface area contributed by atoms with Gasteiger partial charge in [0.05, 0.1) is 6.61 Å². The quantitative estimate of drug-likeness (QED) is 0.0875. The van der Waals surface area contributed by atoms with Crippen LogP contribution >= 0.6 is 0 Å². The first-order chi connectivity index (χ1) is 19.7. The molecule has 0 radical (unpaired) electrons. The van der Waals surface area contributed by atoms with Gasteiger partial charge in [0.25, 0.3) is 0 Å². The molecule has 0 aromatic heterocycles. The number of unbranched alkanes of at least 4 members (excludes halogenated alkanes) is 19. The molecule has 0 aromatic rings. The van der Waals surface area contributed by atoms with Crippen LogP contribution in [0.15, 0.2) is 0 Å². The Kier molecular flexibility index (Phi) is 26.1. The van der Waals surface area contributed by atoms with E-state index < -0.39 is 30.7 Å². The molecule has 1 fully saturated rings. The third-order valence-electron chi connectivity index (χ3n) is 8.19. The van der Waals surface area contributed by atoms with Gasteiger partial charge in [0, 0.05) is 19.8 Å². The number of hydrogen-bond acceptors (Lipinski definition) is 6. The topological polar surface area (TPSA) is 77.4 Å². The Balaban J connectivity index is 2.54. The van der Waals surface area contributed by atoms with Gasteiger partial charge in [-0.2, -0.15) is 0 Å². The molecule has 1 heterocycles. The highest BCUT2D eigenvalue weighted by atomic mass is 16.7. The van der Waals surface area contributed by atoms with Crippen LogP contribution < -0.4 is 0 Å². The Morgan fingerprint density at radius 2 is 0.825 bits per heavy atom. The highest BCUT2D eigenvalue weighted by molar-refractivity contribution is 4.91. The number of hydrogen-bond donors (Lipinski definition) is 2. The first-order valence-electron chi connectivity index (χ1n) is 17.5. The van der Waals surface area contributed by atoms with Crippen LogP contribution in [0.4, 0.5) is 0 Å². The van der Waals surface area contributed by atoms with Crippen molar-refractivity contribution in [1.29, 1.82) is 0 Å². The van der Waals surface area contributed by atoms with Crippen molar-refractivity contribution in [3.05, 3.63) is 0 Å². The fourth-order valence-electron chi connectivity index (χ4n) is 5.54. The lowest BCUT2D eigenvalue weighted by Crippen LogP contribution is -2.61. The Morgan fingerprint density at radius 1 is 0.475 bits per heavy atom. The summed E-state index contributed by atoms with van der Waals surface area (Å²) in [4.78, 5) is 0. The van der Waals surface area contributed by atoms with Gasteiger partial charge in [-0.3, -0.25) is 0 Å². The molecular formula is C34H68O6. The van der Waals surface area contributed by atoms with Crippen molar-refractivity contribution in [3.8, 4) is 0 Å². The lowest BCUT2D eigenvalue weighted by atomic mass is 9.98. The first-order valence-corrected chi connectivity index (χ1v) is 17.5. The fraction of sp³-hybridized carbons (Fsp3) is 1.00. The molecule has 6 heteroatoms. The molecule has 0 bridgehead atoms. The molecule has 0 spiro atoms. The summed E-state index contributed by atoms with van der Waals surface area (Å²) < 4.78 is 24.8. The van der Waals surface area contributed by atoms with Crippen LogP contribution in [-0.2, 0) is 18.9 Å². The molecule has 2 N–H and O–H groups in total. The summed E-state index contributed by atoms with van der Waals surface area (Å²) in [5.41, 5.74) is 0. The second kappa shape index (κ2) is 27.6. The molecular weight excluding hydrogens is 504 g/mol. The van der Waals surface area contributed by atoms with Gasteiger partial charge >= 0.3 is 0 Å². The van der Waals surface area contributed by atoms with Crippen LogP contribution in [0.5, 0.6) is 0 Å². The lowest BCUT2D eigenvalue weighted by molar-refractivity contribution is -0.316. The van der Waals surface area contributed by atoms with Crippen LogP contribution in [0.25, 0.3) is 0 Å². The average Bonchev–Trinajstić information content (AvgIpc) is 2.96. The molecule has 240 valence electrons. The van der Waals surface area contributed by atoms with Crippen molar-refractivity contribution in [2.24, 2.45) is 0 Å². The minimum atomic E-state index is -0.934. The van der Waals surface area contributed by atoms with Crippen LogP contribution in [0.1, 0.15) is 162 Å². The maximum absolute atomic E-state index is 11.0. The third kappa shape index (κ3) is 18.3. The molecule has 1 saturated heterocycles. The van der Waals surface area contributed by atoms with E-state index in [1.807, 2.05) is 0 Å². The maximum Gasteiger partial charge on any atom is 0.186 e. The van der Waals surface area contributed by atoms with Crippen molar-refractivity contribution in [2.75, 3.05) is 26.4 Å². The highest BCUT2D eigenvalue weighted by Crippen LogP contribution is 2.28. The third-order valence-corrected chi connectivity index (χ3v) is 8.19. The van der Waals surface area contributed by atoms with E-state index in [-0.39, 0.29) is 6.61 Å². The van der Waals surface area contributed by atoms with E-state index in [4.69, 9.17) is 18.9 Å². The molecule has 0 aromatic carbocycles. The Hall–Kier alpha value is -0.240. The van der Waals surface area contributed by atoms with Gasteiger partial charge in [0.2, 0.25) is 0 Å². The van der Waals surface area contributed by atoms with E-state index in [9.17, 15) is 10.2 Å². The van der Waals surface area contributed by atoms with E-state index >= 15 is 0 Å². The summed E-state index contributed by atoms with van der Waals surface area (Å²) in [5.74, 6) is 0. The van der Waals surface area contributed by atoms with Crippen LogP contribution in [0.2, 0.25) is 0 Å². The van der Waals surface area contributed by atoms with E-state index in [1.165, 1.54) is 103 Å². The second-order valence-electron chi connectivity index (χ2n) is 12.0. The van der Waals surface area contributed by atoms with Crippen LogP contribution in [0.3, 0.4) is 0 Å². The fourth-order valence-corrected chi connectivity index (χ4v) is 5.54. The summed E-state index contributed by atoms with van der Waals surface area (Å²) in [5, 5.41) is 20.9. The van der Waals surface area contributed by atoms with Gasteiger partial charge in [-0.05, 0) is 19.3 Å². The summed E-state index contributed by atoms with van der Waals surface area (Å²) in [6, 6.07) is 0. The zero-order valence-corrected chi connectivity index (χ0v) is 26.8. The van der Waals surface area contributed by atoms with E-state index in [2.05, 4.69) is 20.8 Å². The highest BCUT2D eigenvalue weighted by Gasteiger charge is 2.47. The van der Waals surface area contributed by atoms with Crippen molar-refractivity contribution < 1.29 is 29.2 Å². The molecule has 6 nitrogen and oxygen atoms in total. The lowest BCUT2D eigenvalue weighted by Gasteiger charge is -2.43. The summed E-state index contributed by atoms with van der Waals surface area (Å²) >= 11 is 0. The number of aliphatic hydroxyl groups excluding tert-OH is 2. The average molecular weight is 573 g/mol. The molecule has 1 aliphatic heterocycles. The summed E-state index contributed by atoms with van der Waals surface area (Å²) in [6.07, 6.45) is 23.7. The normalized spacial score (nSPS) is 23.2. The van der Waals surface area contributed by atoms with Crippen molar-refractivity contribution in [3.63, 3.8) is 0 Å². The van der Waals surface area contributed by atoms with Gasteiger partial charge in [0.1, 0.15) is 24.4 Å². The SMILES string of the molecule is CCCCCCCCCCCCO[C@H]1[C@@H](O)[C@@H](CO)O[C@@H](OCCCCCCCC)[C@@H]1OCCCCCCCC. The van der Waals surface area contributed by atoms with E-state index in [0.29, 0.717) is 19.8 Å². The van der Waals surface area contributed by atoms with Gasteiger partial charge in [-0.1, -0.05) is 143 Å². The smallest absolute Gasteiger partial charge is 0.186 e.